The van der Waals surface area contributed by atoms with E-state index in [0.717, 1.165) is 50.7 Å². The van der Waals surface area contributed by atoms with Crippen LogP contribution in [0.2, 0.25) is 0 Å². The maximum Gasteiger partial charge on any atom is 0.243 e. The fraction of sp³-hybridized carbons (Fsp3) is 0.619. The Morgan fingerprint density at radius 3 is 2.76 bits per heavy atom. The first kappa shape index (κ1) is 23.0. The minimum atomic E-state index is -0.0485. The summed E-state index contributed by atoms with van der Waals surface area (Å²) in [5, 5.41) is 6.61. The Bertz CT molecular complexity index is 659. The molecule has 1 aromatic carbocycles. The highest BCUT2D eigenvalue weighted by atomic mass is 16.5. The Hall–Kier alpha value is -2.32. The van der Waals surface area contributed by atoms with E-state index >= 15 is 0 Å². The first-order chi connectivity index (χ1) is 13.9. The first-order valence-electron chi connectivity index (χ1n) is 10.2. The molecule has 8 nitrogen and oxygen atoms in total. The molecule has 8 heteroatoms. The van der Waals surface area contributed by atoms with Gasteiger partial charge < -0.3 is 25.0 Å². The highest BCUT2D eigenvalue weighted by Gasteiger charge is 2.11. The summed E-state index contributed by atoms with van der Waals surface area (Å²) in [6.07, 6.45) is -0.0485. The van der Waals surface area contributed by atoms with Gasteiger partial charge in [-0.1, -0.05) is 12.1 Å². The lowest BCUT2D eigenvalue weighted by atomic mass is 10.2. The van der Waals surface area contributed by atoms with Gasteiger partial charge in [-0.05, 0) is 31.5 Å². The Morgan fingerprint density at radius 2 is 2.07 bits per heavy atom. The number of nitrogens with zero attached hydrogens (tertiary/aromatic N) is 3. The summed E-state index contributed by atoms with van der Waals surface area (Å²) >= 11 is 0. The summed E-state index contributed by atoms with van der Waals surface area (Å²) in [4.78, 5) is 20.2. The zero-order valence-electron chi connectivity index (χ0n) is 18.1. The summed E-state index contributed by atoms with van der Waals surface area (Å²) in [5.41, 5.74) is 1.16. The number of nitrogens with one attached hydrogen (secondary N) is 2. The van der Waals surface area contributed by atoms with Crippen LogP contribution in [0.5, 0.6) is 5.75 Å². The molecule has 1 saturated heterocycles. The SMILES string of the molecule is Cc1cccc(OC(C)CNC(=NCC(=O)N(C)C)NCCN2CCOCC2)c1. The molecule has 1 atom stereocenters. The van der Waals surface area contributed by atoms with Crippen molar-refractivity contribution in [3.8, 4) is 5.75 Å². The van der Waals surface area contributed by atoms with Crippen LogP contribution >= 0.6 is 0 Å². The molecular weight excluding hydrogens is 370 g/mol. The summed E-state index contributed by atoms with van der Waals surface area (Å²) in [7, 11) is 3.46. The third-order valence-corrected chi connectivity index (χ3v) is 4.58. The zero-order chi connectivity index (χ0) is 21.1. The van der Waals surface area contributed by atoms with E-state index in [1.54, 1.807) is 19.0 Å². The number of amides is 1. The predicted molar refractivity (Wildman–Crippen MR) is 116 cm³/mol. The number of hydrogen-bond acceptors (Lipinski definition) is 5. The second-order valence-corrected chi connectivity index (χ2v) is 7.46. The number of aliphatic imine (C=N–C) groups is 1. The van der Waals surface area contributed by atoms with Crippen LogP contribution in [0.25, 0.3) is 0 Å². The number of morpholine rings is 1. The van der Waals surface area contributed by atoms with Gasteiger partial charge in [-0.25, -0.2) is 4.99 Å². The summed E-state index contributed by atoms with van der Waals surface area (Å²) < 4.78 is 11.3. The third-order valence-electron chi connectivity index (χ3n) is 4.58. The van der Waals surface area contributed by atoms with Gasteiger partial charge >= 0.3 is 0 Å². The number of ether oxygens (including phenoxy) is 2. The highest BCUT2D eigenvalue weighted by Crippen LogP contribution is 2.13. The smallest absolute Gasteiger partial charge is 0.243 e. The largest absolute Gasteiger partial charge is 0.489 e. The molecular formula is C21H35N5O3. The van der Waals surface area contributed by atoms with Crippen molar-refractivity contribution in [3.63, 3.8) is 0 Å². The van der Waals surface area contributed by atoms with Gasteiger partial charge in [0.1, 0.15) is 18.4 Å². The van der Waals surface area contributed by atoms with Crippen molar-refractivity contribution >= 4 is 11.9 Å². The Kier molecular flexibility index (Phi) is 9.73. The normalized spacial score (nSPS) is 16.2. The molecule has 0 radical (unpaired) electrons. The molecule has 2 rings (SSSR count). The Balaban J connectivity index is 1.84. The number of carbonyl (C=O) groups is 1. The van der Waals surface area contributed by atoms with Crippen LogP contribution in [-0.4, -0.2) is 94.3 Å². The lowest BCUT2D eigenvalue weighted by Gasteiger charge is -2.27. The molecule has 1 aromatic rings. The van der Waals surface area contributed by atoms with Crippen LogP contribution in [0.4, 0.5) is 0 Å². The highest BCUT2D eigenvalue weighted by molar-refractivity contribution is 5.84. The quantitative estimate of drug-likeness (QED) is 0.466. The van der Waals surface area contributed by atoms with Crippen molar-refractivity contribution in [2.75, 3.05) is 66.6 Å². The van der Waals surface area contributed by atoms with Crippen LogP contribution in [-0.2, 0) is 9.53 Å². The maximum absolute atomic E-state index is 11.9. The van der Waals surface area contributed by atoms with Crippen molar-refractivity contribution in [1.29, 1.82) is 0 Å². The van der Waals surface area contributed by atoms with E-state index in [1.165, 1.54) is 0 Å². The van der Waals surface area contributed by atoms with E-state index in [2.05, 4.69) is 20.5 Å². The molecule has 1 unspecified atom stereocenters. The van der Waals surface area contributed by atoms with Crippen LogP contribution in [0.15, 0.2) is 29.3 Å². The van der Waals surface area contributed by atoms with Gasteiger partial charge in [-0.15, -0.1) is 0 Å². The number of aryl methyl sites for hydroxylation is 1. The number of benzene rings is 1. The lowest BCUT2D eigenvalue weighted by molar-refractivity contribution is -0.127. The summed E-state index contributed by atoms with van der Waals surface area (Å²) in [6.45, 7) is 9.84. The first-order valence-corrected chi connectivity index (χ1v) is 10.2. The monoisotopic (exact) mass is 405 g/mol. The van der Waals surface area contributed by atoms with Gasteiger partial charge in [0, 0.05) is 40.3 Å². The lowest BCUT2D eigenvalue weighted by Crippen LogP contribution is -2.46. The fourth-order valence-corrected chi connectivity index (χ4v) is 2.82. The average Bonchev–Trinajstić information content (AvgIpc) is 2.70. The number of guanidine groups is 1. The van der Waals surface area contributed by atoms with Crippen LogP contribution in [0.3, 0.4) is 0 Å². The van der Waals surface area contributed by atoms with E-state index in [1.807, 2.05) is 38.1 Å². The van der Waals surface area contributed by atoms with Gasteiger partial charge in [0.05, 0.1) is 19.8 Å². The van der Waals surface area contributed by atoms with Crippen molar-refractivity contribution in [1.82, 2.24) is 20.4 Å². The molecule has 29 heavy (non-hydrogen) atoms. The minimum Gasteiger partial charge on any atom is -0.489 e. The van der Waals surface area contributed by atoms with Gasteiger partial charge in [0.2, 0.25) is 5.91 Å². The Morgan fingerprint density at radius 1 is 1.31 bits per heavy atom. The topological polar surface area (TPSA) is 78.4 Å². The molecule has 162 valence electrons. The van der Waals surface area contributed by atoms with Gasteiger partial charge in [0.25, 0.3) is 0 Å². The molecule has 1 aliphatic heterocycles. The van der Waals surface area contributed by atoms with Crippen molar-refractivity contribution in [2.45, 2.75) is 20.0 Å². The van der Waals surface area contributed by atoms with Crippen molar-refractivity contribution < 1.29 is 14.3 Å². The molecule has 1 amide bonds. The second-order valence-electron chi connectivity index (χ2n) is 7.46. The van der Waals surface area contributed by atoms with E-state index in [0.29, 0.717) is 12.5 Å². The molecule has 0 saturated carbocycles. The molecule has 1 aliphatic rings. The van der Waals surface area contributed by atoms with E-state index in [-0.39, 0.29) is 18.6 Å². The van der Waals surface area contributed by atoms with Crippen molar-refractivity contribution in [3.05, 3.63) is 29.8 Å². The molecule has 1 heterocycles. The van der Waals surface area contributed by atoms with Crippen LogP contribution < -0.4 is 15.4 Å². The number of carbonyl (C=O) groups excluding carboxylic acids is 1. The zero-order valence-corrected chi connectivity index (χ0v) is 18.1. The molecule has 1 fully saturated rings. The minimum absolute atomic E-state index is 0.0386. The van der Waals surface area contributed by atoms with E-state index in [9.17, 15) is 4.79 Å². The van der Waals surface area contributed by atoms with Crippen LogP contribution in [0.1, 0.15) is 12.5 Å². The third kappa shape index (κ3) is 9.15. The van der Waals surface area contributed by atoms with Gasteiger partial charge in [0.15, 0.2) is 5.96 Å². The standard InChI is InChI=1S/C21H35N5O3/c1-17-6-5-7-19(14-17)29-18(2)15-23-21(24-16-20(27)25(3)4)22-8-9-26-10-12-28-13-11-26/h5-7,14,18H,8-13,15-16H2,1-4H3,(H2,22,23,24). The van der Waals surface area contributed by atoms with Gasteiger partial charge in [-0.2, -0.15) is 0 Å². The molecule has 0 aliphatic carbocycles. The Labute approximate surface area is 174 Å². The number of hydrogen-bond donors (Lipinski definition) is 2. The number of rotatable bonds is 9. The maximum atomic E-state index is 11.9. The van der Waals surface area contributed by atoms with Gasteiger partial charge in [-0.3, -0.25) is 9.69 Å². The van der Waals surface area contributed by atoms with E-state index < -0.39 is 0 Å². The molecule has 0 aromatic heterocycles. The second kappa shape index (κ2) is 12.3. The predicted octanol–water partition coefficient (Wildman–Crippen LogP) is 0.718. The van der Waals surface area contributed by atoms with E-state index in [4.69, 9.17) is 9.47 Å². The molecule has 0 bridgehead atoms. The summed E-state index contributed by atoms with van der Waals surface area (Å²) in [6, 6.07) is 8.00. The summed E-state index contributed by atoms with van der Waals surface area (Å²) in [5.74, 6) is 1.43. The van der Waals surface area contributed by atoms with Crippen molar-refractivity contribution in [2.24, 2.45) is 4.99 Å². The fourth-order valence-electron chi connectivity index (χ4n) is 2.82. The molecule has 2 N–H and O–H groups in total. The number of likely N-dealkylation sites (N-methyl/N-ethyl adjacent to an activating group) is 1. The molecule has 0 spiro atoms. The average molecular weight is 406 g/mol. The van der Waals surface area contributed by atoms with Crippen LogP contribution in [0, 0.1) is 6.92 Å².